The van der Waals surface area contributed by atoms with Gasteiger partial charge in [-0.25, -0.2) is 4.79 Å². The van der Waals surface area contributed by atoms with Crippen molar-refractivity contribution in [3.05, 3.63) is 24.3 Å². The molecule has 1 aromatic carbocycles. The highest BCUT2D eigenvalue weighted by Gasteiger charge is 2.02. The lowest BCUT2D eigenvalue weighted by Gasteiger charge is -2.07. The van der Waals surface area contributed by atoms with E-state index in [0.717, 1.165) is 18.6 Å². The minimum absolute atomic E-state index is 0.406. The Morgan fingerprint density at radius 3 is 2.50 bits per heavy atom. The molecule has 0 atom stereocenters. The maximum atomic E-state index is 11.4. The van der Waals surface area contributed by atoms with Crippen LogP contribution in [0.4, 0.5) is 10.5 Å². The summed E-state index contributed by atoms with van der Waals surface area (Å²) in [4.78, 5) is 11.4. The highest BCUT2D eigenvalue weighted by atomic mass is 16.5. The molecule has 0 fully saturated rings. The van der Waals surface area contributed by atoms with Crippen molar-refractivity contribution in [2.24, 2.45) is 0 Å². The third kappa shape index (κ3) is 5.57. The number of nitrogens with one attached hydrogen (secondary N) is 1. The molecule has 0 aromatic heterocycles. The molecule has 1 amide bonds. The Bertz CT molecular complexity index is 349. The van der Waals surface area contributed by atoms with Gasteiger partial charge in [0.25, 0.3) is 0 Å². The smallest absolute Gasteiger partial charge is 0.411 e. The molecular formula is C14H21NO3. The van der Waals surface area contributed by atoms with Crippen LogP contribution in [0.25, 0.3) is 0 Å². The van der Waals surface area contributed by atoms with Crippen molar-refractivity contribution < 1.29 is 14.3 Å². The fraction of sp³-hybridized carbons (Fsp3) is 0.500. The van der Waals surface area contributed by atoms with E-state index in [2.05, 4.69) is 12.2 Å². The molecular weight excluding hydrogens is 230 g/mol. The number of rotatable bonds is 7. The van der Waals surface area contributed by atoms with Crippen molar-refractivity contribution in [3.63, 3.8) is 0 Å². The van der Waals surface area contributed by atoms with Crippen LogP contribution in [0.15, 0.2) is 24.3 Å². The zero-order chi connectivity index (χ0) is 13.2. The largest absolute Gasteiger partial charge is 0.497 e. The summed E-state index contributed by atoms with van der Waals surface area (Å²) < 4.78 is 10.1. The molecule has 0 aliphatic carbocycles. The summed E-state index contributed by atoms with van der Waals surface area (Å²) in [5.74, 6) is 0.758. The molecule has 1 rings (SSSR count). The number of benzene rings is 1. The number of hydrogen-bond acceptors (Lipinski definition) is 3. The summed E-state index contributed by atoms with van der Waals surface area (Å²) in [5, 5.41) is 2.67. The van der Waals surface area contributed by atoms with E-state index in [1.54, 1.807) is 31.4 Å². The van der Waals surface area contributed by atoms with E-state index in [9.17, 15) is 4.79 Å². The third-order valence-electron chi connectivity index (χ3n) is 2.57. The SMILES string of the molecule is CCCCCCOC(=O)Nc1ccc(OC)cc1. The summed E-state index contributed by atoms with van der Waals surface area (Å²) in [6.45, 7) is 2.62. The van der Waals surface area contributed by atoms with Gasteiger partial charge in [-0.3, -0.25) is 5.32 Å². The van der Waals surface area contributed by atoms with Crippen LogP contribution in [-0.4, -0.2) is 19.8 Å². The fourth-order valence-electron chi connectivity index (χ4n) is 1.52. The van der Waals surface area contributed by atoms with E-state index in [4.69, 9.17) is 9.47 Å². The Labute approximate surface area is 108 Å². The summed E-state index contributed by atoms with van der Waals surface area (Å²) in [6, 6.07) is 7.13. The Kier molecular flexibility index (Phi) is 6.69. The van der Waals surface area contributed by atoms with E-state index in [-0.39, 0.29) is 0 Å². The molecule has 100 valence electrons. The van der Waals surface area contributed by atoms with E-state index in [1.807, 2.05) is 0 Å². The van der Waals surface area contributed by atoms with Crippen LogP contribution in [0, 0.1) is 0 Å². The van der Waals surface area contributed by atoms with Crippen molar-refractivity contribution >= 4 is 11.8 Å². The number of unbranched alkanes of at least 4 members (excludes halogenated alkanes) is 3. The number of amides is 1. The van der Waals surface area contributed by atoms with Gasteiger partial charge in [0.15, 0.2) is 0 Å². The molecule has 0 saturated carbocycles. The van der Waals surface area contributed by atoms with Crippen LogP contribution in [0.2, 0.25) is 0 Å². The average Bonchev–Trinajstić information content (AvgIpc) is 2.39. The quantitative estimate of drug-likeness (QED) is 0.749. The van der Waals surface area contributed by atoms with Crippen LogP contribution in [0.3, 0.4) is 0 Å². The highest BCUT2D eigenvalue weighted by molar-refractivity contribution is 5.84. The van der Waals surface area contributed by atoms with Gasteiger partial charge >= 0.3 is 6.09 Å². The number of carbonyl (C=O) groups is 1. The predicted octanol–water partition coefficient (Wildman–Crippen LogP) is 3.82. The first-order valence-corrected chi connectivity index (χ1v) is 6.34. The average molecular weight is 251 g/mol. The molecule has 1 N–H and O–H groups in total. The molecule has 0 unspecified atom stereocenters. The van der Waals surface area contributed by atoms with Crippen LogP contribution in [-0.2, 0) is 4.74 Å². The normalized spacial score (nSPS) is 9.89. The number of carbonyl (C=O) groups excluding carboxylic acids is 1. The molecule has 18 heavy (non-hydrogen) atoms. The van der Waals surface area contributed by atoms with Gasteiger partial charge < -0.3 is 9.47 Å². The topological polar surface area (TPSA) is 47.6 Å². The van der Waals surface area contributed by atoms with Gasteiger partial charge in [0.2, 0.25) is 0 Å². The molecule has 0 saturated heterocycles. The van der Waals surface area contributed by atoms with Gasteiger partial charge in [0.05, 0.1) is 13.7 Å². The first kappa shape index (κ1) is 14.4. The Hall–Kier alpha value is -1.71. The van der Waals surface area contributed by atoms with Crippen molar-refractivity contribution in [2.75, 3.05) is 19.0 Å². The summed E-state index contributed by atoms with van der Waals surface area (Å²) in [5.41, 5.74) is 0.703. The summed E-state index contributed by atoms with van der Waals surface area (Å²) >= 11 is 0. The lowest BCUT2D eigenvalue weighted by Crippen LogP contribution is -2.14. The van der Waals surface area contributed by atoms with E-state index in [1.165, 1.54) is 12.8 Å². The highest BCUT2D eigenvalue weighted by Crippen LogP contribution is 2.15. The first-order valence-electron chi connectivity index (χ1n) is 6.34. The molecule has 0 heterocycles. The fourth-order valence-corrected chi connectivity index (χ4v) is 1.52. The molecule has 0 radical (unpaired) electrons. The standard InChI is InChI=1S/C14H21NO3/c1-3-4-5-6-11-18-14(16)15-12-7-9-13(17-2)10-8-12/h7-10H,3-6,11H2,1-2H3,(H,15,16). The van der Waals surface area contributed by atoms with Crippen molar-refractivity contribution in [3.8, 4) is 5.75 Å². The first-order chi connectivity index (χ1) is 8.76. The molecule has 1 aromatic rings. The number of ether oxygens (including phenoxy) is 2. The second-order valence-electron chi connectivity index (χ2n) is 4.05. The van der Waals surface area contributed by atoms with Crippen LogP contribution in [0.5, 0.6) is 5.75 Å². The third-order valence-corrected chi connectivity index (χ3v) is 2.57. The maximum Gasteiger partial charge on any atom is 0.411 e. The van der Waals surface area contributed by atoms with Crippen LogP contribution < -0.4 is 10.1 Å². The Balaban J connectivity index is 2.22. The lowest BCUT2D eigenvalue weighted by atomic mass is 10.2. The number of anilines is 1. The van der Waals surface area contributed by atoms with Crippen molar-refractivity contribution in [1.82, 2.24) is 0 Å². The number of hydrogen-bond donors (Lipinski definition) is 1. The summed E-state index contributed by atoms with van der Waals surface area (Å²) in [6.07, 6.45) is 3.98. The van der Waals surface area contributed by atoms with Crippen LogP contribution >= 0.6 is 0 Å². The molecule has 4 heteroatoms. The van der Waals surface area contributed by atoms with Crippen LogP contribution in [0.1, 0.15) is 32.6 Å². The zero-order valence-corrected chi connectivity index (χ0v) is 11.1. The zero-order valence-electron chi connectivity index (χ0n) is 11.1. The van der Waals surface area contributed by atoms with Gasteiger partial charge in [-0.05, 0) is 30.7 Å². The predicted molar refractivity (Wildman–Crippen MR) is 72.1 cm³/mol. The van der Waals surface area contributed by atoms with E-state index >= 15 is 0 Å². The van der Waals surface area contributed by atoms with Gasteiger partial charge in [-0.15, -0.1) is 0 Å². The van der Waals surface area contributed by atoms with Crippen molar-refractivity contribution in [2.45, 2.75) is 32.6 Å². The van der Waals surface area contributed by atoms with E-state index in [0.29, 0.717) is 12.3 Å². The van der Waals surface area contributed by atoms with Gasteiger partial charge in [-0.1, -0.05) is 26.2 Å². The minimum atomic E-state index is -0.406. The Morgan fingerprint density at radius 1 is 1.17 bits per heavy atom. The summed E-state index contributed by atoms with van der Waals surface area (Å²) in [7, 11) is 1.60. The Morgan fingerprint density at radius 2 is 1.89 bits per heavy atom. The number of methoxy groups -OCH3 is 1. The van der Waals surface area contributed by atoms with Gasteiger partial charge in [0.1, 0.15) is 5.75 Å². The van der Waals surface area contributed by atoms with Gasteiger partial charge in [0, 0.05) is 5.69 Å². The van der Waals surface area contributed by atoms with Gasteiger partial charge in [-0.2, -0.15) is 0 Å². The lowest BCUT2D eigenvalue weighted by molar-refractivity contribution is 0.159. The molecule has 0 aliphatic heterocycles. The maximum absolute atomic E-state index is 11.4. The second kappa shape index (κ2) is 8.39. The molecule has 0 spiro atoms. The molecule has 4 nitrogen and oxygen atoms in total. The second-order valence-corrected chi connectivity index (χ2v) is 4.05. The minimum Gasteiger partial charge on any atom is -0.497 e. The van der Waals surface area contributed by atoms with Crippen molar-refractivity contribution in [1.29, 1.82) is 0 Å². The van der Waals surface area contributed by atoms with E-state index < -0.39 is 6.09 Å². The monoisotopic (exact) mass is 251 g/mol. The molecule has 0 bridgehead atoms. The molecule has 0 aliphatic rings.